The van der Waals surface area contributed by atoms with Gasteiger partial charge in [0.15, 0.2) is 23.0 Å². The predicted octanol–water partition coefficient (Wildman–Crippen LogP) is 3.97. The molecule has 0 aliphatic carbocycles. The third-order valence-electron chi connectivity index (χ3n) is 6.26. The van der Waals surface area contributed by atoms with Crippen LogP contribution in [-0.2, 0) is 9.59 Å². The summed E-state index contributed by atoms with van der Waals surface area (Å²) >= 11 is 0. The number of amides is 1. The molecule has 5 rings (SSSR count). The molecule has 186 valence electrons. The van der Waals surface area contributed by atoms with Gasteiger partial charge in [0, 0.05) is 11.3 Å². The number of carbonyl (C=O) groups excluding carboxylic acids is 2. The average molecular weight is 498 g/mol. The molecule has 2 heterocycles. The van der Waals surface area contributed by atoms with Crippen molar-refractivity contribution in [3.8, 4) is 29.1 Å². The summed E-state index contributed by atoms with van der Waals surface area (Å²) in [4.78, 5) is 28.1. The first-order chi connectivity index (χ1) is 18.0. The van der Waals surface area contributed by atoms with Crippen molar-refractivity contribution in [3.63, 3.8) is 0 Å². The second-order valence-electron chi connectivity index (χ2n) is 8.30. The van der Waals surface area contributed by atoms with Gasteiger partial charge in [0.1, 0.15) is 19.0 Å². The quantitative estimate of drug-likeness (QED) is 0.319. The van der Waals surface area contributed by atoms with Crippen molar-refractivity contribution in [1.82, 2.24) is 0 Å². The lowest BCUT2D eigenvalue weighted by atomic mass is 9.94. The van der Waals surface area contributed by atoms with Crippen molar-refractivity contribution < 1.29 is 33.6 Å². The summed E-state index contributed by atoms with van der Waals surface area (Å²) < 4.78 is 22.0. The molecule has 1 atom stereocenters. The van der Waals surface area contributed by atoms with Crippen LogP contribution in [0.1, 0.15) is 22.7 Å². The van der Waals surface area contributed by atoms with Crippen molar-refractivity contribution >= 4 is 23.1 Å². The molecule has 9 heteroatoms. The first-order valence-electron chi connectivity index (χ1n) is 11.4. The van der Waals surface area contributed by atoms with E-state index < -0.39 is 17.7 Å². The van der Waals surface area contributed by atoms with Crippen molar-refractivity contribution in [2.75, 3.05) is 32.3 Å². The summed E-state index contributed by atoms with van der Waals surface area (Å²) in [5.41, 5.74) is 1.51. The van der Waals surface area contributed by atoms with Gasteiger partial charge in [-0.2, -0.15) is 5.26 Å². The number of aliphatic hydroxyl groups is 1. The number of rotatable bonds is 5. The van der Waals surface area contributed by atoms with Gasteiger partial charge in [0.2, 0.25) is 0 Å². The SMILES string of the molecule is COc1ccc(C2/C(=C(\O)c3ccc4c(c3)OCCO4)C(=O)C(=O)N2c2ccc(C#N)cc2)cc1OC. The van der Waals surface area contributed by atoms with Gasteiger partial charge in [-0.05, 0) is 60.2 Å². The first-order valence-corrected chi connectivity index (χ1v) is 11.4. The zero-order valence-electron chi connectivity index (χ0n) is 20.1. The van der Waals surface area contributed by atoms with Crippen molar-refractivity contribution in [3.05, 3.63) is 82.9 Å². The van der Waals surface area contributed by atoms with Crippen molar-refractivity contribution in [2.24, 2.45) is 0 Å². The van der Waals surface area contributed by atoms with Crippen LogP contribution in [0.3, 0.4) is 0 Å². The van der Waals surface area contributed by atoms with Crippen LogP contribution in [0.25, 0.3) is 5.76 Å². The van der Waals surface area contributed by atoms with Gasteiger partial charge in [-0.1, -0.05) is 6.07 Å². The number of Topliss-reactive ketones (excluding diaryl/α,β-unsaturated/α-hetero) is 1. The fourth-order valence-electron chi connectivity index (χ4n) is 4.48. The van der Waals surface area contributed by atoms with Crippen LogP contribution in [0.15, 0.2) is 66.2 Å². The second-order valence-corrected chi connectivity index (χ2v) is 8.30. The lowest BCUT2D eigenvalue weighted by Gasteiger charge is -2.26. The maximum Gasteiger partial charge on any atom is 0.300 e. The van der Waals surface area contributed by atoms with Crippen LogP contribution in [0, 0.1) is 11.3 Å². The minimum absolute atomic E-state index is 0.0988. The summed E-state index contributed by atoms with van der Waals surface area (Å²) in [5, 5.41) is 20.6. The topological polar surface area (TPSA) is 118 Å². The van der Waals surface area contributed by atoms with Gasteiger partial charge < -0.3 is 24.1 Å². The number of methoxy groups -OCH3 is 2. The fraction of sp³-hybridized carbons (Fsp3) is 0.179. The molecule has 37 heavy (non-hydrogen) atoms. The Balaban J connectivity index is 1.70. The van der Waals surface area contributed by atoms with Crippen LogP contribution in [0.5, 0.6) is 23.0 Å². The maximum absolute atomic E-state index is 13.4. The Morgan fingerprint density at radius 3 is 2.32 bits per heavy atom. The standard InChI is InChI=1S/C28H22N2O7/c1-34-20-9-5-17(13-22(20)35-2)25-24(26(31)18-6-10-21-23(14-18)37-12-11-36-21)27(32)28(33)30(25)19-7-3-16(15-29)4-8-19/h3-10,13-14,25,31H,11-12H2,1-2H3/b26-24+. The number of hydrogen-bond donors (Lipinski definition) is 1. The number of nitriles is 1. The Kier molecular flexibility index (Phi) is 6.15. The molecule has 3 aromatic rings. The van der Waals surface area contributed by atoms with Crippen molar-refractivity contribution in [1.29, 1.82) is 5.26 Å². The third-order valence-corrected chi connectivity index (χ3v) is 6.26. The molecule has 0 bridgehead atoms. The highest BCUT2D eigenvalue weighted by atomic mass is 16.6. The van der Waals surface area contributed by atoms with E-state index >= 15 is 0 Å². The number of fused-ring (bicyclic) bond motifs is 1. The van der Waals surface area contributed by atoms with Gasteiger partial charge in [0.25, 0.3) is 11.7 Å². The molecule has 1 N–H and O–H groups in total. The smallest absolute Gasteiger partial charge is 0.300 e. The normalized spacial score (nSPS) is 17.9. The molecule has 9 nitrogen and oxygen atoms in total. The van der Waals surface area contributed by atoms with E-state index in [0.29, 0.717) is 58.6 Å². The largest absolute Gasteiger partial charge is 0.507 e. The Bertz CT molecular complexity index is 1470. The third kappa shape index (κ3) is 4.08. The van der Waals surface area contributed by atoms with E-state index in [4.69, 9.17) is 18.9 Å². The molecular formula is C28H22N2O7. The number of aliphatic hydroxyl groups excluding tert-OH is 1. The van der Waals surface area contributed by atoms with E-state index in [2.05, 4.69) is 0 Å². The molecule has 1 fully saturated rings. The lowest BCUT2D eigenvalue weighted by Crippen LogP contribution is -2.29. The number of benzene rings is 3. The molecule has 0 saturated carbocycles. The summed E-state index contributed by atoms with van der Waals surface area (Å²) in [7, 11) is 2.98. The van der Waals surface area contributed by atoms with Gasteiger partial charge >= 0.3 is 0 Å². The highest BCUT2D eigenvalue weighted by molar-refractivity contribution is 6.51. The number of ketones is 1. The monoisotopic (exact) mass is 498 g/mol. The molecule has 0 aromatic heterocycles. The number of ether oxygens (including phenoxy) is 4. The van der Waals surface area contributed by atoms with E-state index in [9.17, 15) is 20.0 Å². The predicted molar refractivity (Wildman–Crippen MR) is 133 cm³/mol. The van der Waals surface area contributed by atoms with Crippen LogP contribution in [-0.4, -0.2) is 44.2 Å². The summed E-state index contributed by atoms with van der Waals surface area (Å²) in [6.45, 7) is 0.763. The molecule has 1 saturated heterocycles. The minimum atomic E-state index is -0.985. The van der Waals surface area contributed by atoms with Crippen molar-refractivity contribution in [2.45, 2.75) is 6.04 Å². The van der Waals surface area contributed by atoms with E-state index in [1.165, 1.54) is 19.1 Å². The number of nitrogens with zero attached hydrogens (tertiary/aromatic N) is 2. The zero-order chi connectivity index (χ0) is 26.1. The Hall–Kier alpha value is -4.97. The maximum atomic E-state index is 13.4. The highest BCUT2D eigenvalue weighted by Gasteiger charge is 2.47. The van der Waals surface area contributed by atoms with Crippen LogP contribution in [0.4, 0.5) is 5.69 Å². The molecule has 1 unspecified atom stereocenters. The molecular weight excluding hydrogens is 476 g/mol. The average Bonchev–Trinajstić information content (AvgIpc) is 3.21. The van der Waals surface area contributed by atoms with Crippen LogP contribution < -0.4 is 23.8 Å². The summed E-state index contributed by atoms with van der Waals surface area (Å²) in [5.74, 6) is -0.207. The van der Waals surface area contributed by atoms with Gasteiger partial charge in [0.05, 0.1) is 37.5 Å². The van der Waals surface area contributed by atoms with Gasteiger partial charge in [-0.25, -0.2) is 0 Å². The van der Waals surface area contributed by atoms with E-state index in [-0.39, 0.29) is 11.3 Å². The van der Waals surface area contributed by atoms with E-state index in [0.717, 1.165) is 0 Å². The molecule has 2 aliphatic rings. The molecule has 0 radical (unpaired) electrons. The second kappa shape index (κ2) is 9.59. The number of hydrogen-bond acceptors (Lipinski definition) is 8. The summed E-state index contributed by atoms with van der Waals surface area (Å²) in [6, 6.07) is 17.2. The number of anilines is 1. The Morgan fingerprint density at radius 1 is 0.946 bits per heavy atom. The highest BCUT2D eigenvalue weighted by Crippen LogP contribution is 2.45. The van der Waals surface area contributed by atoms with Crippen LogP contribution in [0.2, 0.25) is 0 Å². The number of carbonyl (C=O) groups is 2. The van der Waals surface area contributed by atoms with E-state index in [1.54, 1.807) is 60.7 Å². The Morgan fingerprint density at radius 2 is 1.65 bits per heavy atom. The van der Waals surface area contributed by atoms with Gasteiger partial charge in [-0.15, -0.1) is 0 Å². The molecule has 3 aromatic carbocycles. The molecule has 1 amide bonds. The summed E-state index contributed by atoms with van der Waals surface area (Å²) in [6.07, 6.45) is 0. The van der Waals surface area contributed by atoms with E-state index in [1.807, 2.05) is 6.07 Å². The minimum Gasteiger partial charge on any atom is -0.507 e. The zero-order valence-corrected chi connectivity index (χ0v) is 20.1. The van der Waals surface area contributed by atoms with Crippen LogP contribution >= 0.6 is 0 Å². The fourth-order valence-corrected chi connectivity index (χ4v) is 4.48. The lowest BCUT2D eigenvalue weighted by molar-refractivity contribution is -0.132. The molecule has 2 aliphatic heterocycles. The first kappa shape index (κ1) is 23.8. The van der Waals surface area contributed by atoms with Gasteiger partial charge in [-0.3, -0.25) is 14.5 Å². The Labute approximate surface area is 212 Å². The molecule has 0 spiro atoms.